The Morgan fingerprint density at radius 2 is 1.76 bits per heavy atom. The molecule has 1 N–H and O–H groups in total. The number of hydrogen-bond donors (Lipinski definition) is 1. The molecule has 0 aliphatic rings. The number of benzene rings is 1. The van der Waals surface area contributed by atoms with Gasteiger partial charge in [0.05, 0.1) is 0 Å². The first-order valence-corrected chi connectivity index (χ1v) is 7.94. The maximum atomic E-state index is 5.98. The van der Waals surface area contributed by atoms with E-state index in [1.807, 2.05) is 29.2 Å². The Bertz CT molecular complexity index is 586. The van der Waals surface area contributed by atoms with Crippen molar-refractivity contribution in [3.63, 3.8) is 0 Å². The molecule has 0 atom stereocenters. The van der Waals surface area contributed by atoms with E-state index >= 15 is 0 Å². The van der Waals surface area contributed by atoms with Crippen LogP contribution in [0.2, 0.25) is 5.28 Å². The molecule has 2 rings (SSSR count). The zero-order chi connectivity index (χ0) is 15.2. The van der Waals surface area contributed by atoms with E-state index in [4.69, 9.17) is 11.6 Å². The maximum Gasteiger partial charge on any atom is 0.231 e. The second-order valence-electron chi connectivity index (χ2n) is 4.38. The Morgan fingerprint density at radius 3 is 2.38 bits per heavy atom. The van der Waals surface area contributed by atoms with E-state index in [1.165, 1.54) is 0 Å². The first-order valence-electron chi connectivity index (χ1n) is 6.77. The van der Waals surface area contributed by atoms with E-state index in [9.17, 15) is 0 Å². The Morgan fingerprint density at radius 1 is 1.10 bits per heavy atom. The van der Waals surface area contributed by atoms with E-state index in [-0.39, 0.29) is 5.28 Å². The number of nitrogens with one attached hydrogen (secondary N) is 1. The van der Waals surface area contributed by atoms with Crippen molar-refractivity contribution in [2.45, 2.75) is 20.4 Å². The van der Waals surface area contributed by atoms with Crippen LogP contribution in [0.1, 0.15) is 19.4 Å². The van der Waals surface area contributed by atoms with Gasteiger partial charge in [-0.3, -0.25) is 0 Å². The molecule has 1 aromatic carbocycles. The van der Waals surface area contributed by atoms with Crippen LogP contribution in [-0.4, -0.2) is 28.0 Å². The molecular formula is C14H17BrClN5. The molecule has 2 aromatic rings. The summed E-state index contributed by atoms with van der Waals surface area (Å²) in [5.74, 6) is 1.08. The highest BCUT2D eigenvalue weighted by Gasteiger charge is 2.09. The summed E-state index contributed by atoms with van der Waals surface area (Å²) in [6.45, 7) is 6.38. The first kappa shape index (κ1) is 16.0. The molecule has 5 nitrogen and oxygen atoms in total. The van der Waals surface area contributed by atoms with E-state index in [2.05, 4.69) is 50.0 Å². The number of rotatable bonds is 6. The lowest BCUT2D eigenvalue weighted by Gasteiger charge is -2.18. The molecular weight excluding hydrogens is 354 g/mol. The summed E-state index contributed by atoms with van der Waals surface area (Å²) in [5.41, 5.74) is 1.14. The second-order valence-corrected chi connectivity index (χ2v) is 5.63. The fourth-order valence-corrected chi connectivity index (χ4v) is 2.27. The molecule has 21 heavy (non-hydrogen) atoms. The maximum absolute atomic E-state index is 5.98. The molecule has 0 saturated heterocycles. The van der Waals surface area contributed by atoms with Gasteiger partial charge >= 0.3 is 0 Å². The minimum atomic E-state index is 0.199. The minimum absolute atomic E-state index is 0.199. The average molecular weight is 371 g/mol. The lowest BCUT2D eigenvalue weighted by molar-refractivity contribution is 0.811. The summed E-state index contributed by atoms with van der Waals surface area (Å²) >= 11 is 9.39. The monoisotopic (exact) mass is 369 g/mol. The Kier molecular flexibility index (Phi) is 5.76. The summed E-state index contributed by atoms with van der Waals surface area (Å²) in [6.07, 6.45) is 0. The van der Waals surface area contributed by atoms with E-state index in [1.54, 1.807) is 0 Å². The quantitative estimate of drug-likeness (QED) is 0.839. The number of aromatic nitrogens is 3. The van der Waals surface area contributed by atoms with Gasteiger partial charge in [0.15, 0.2) is 0 Å². The predicted molar refractivity (Wildman–Crippen MR) is 89.9 cm³/mol. The zero-order valence-electron chi connectivity index (χ0n) is 12.0. The van der Waals surface area contributed by atoms with Gasteiger partial charge < -0.3 is 10.2 Å². The van der Waals surface area contributed by atoms with Crippen molar-refractivity contribution in [1.82, 2.24) is 15.0 Å². The van der Waals surface area contributed by atoms with Gasteiger partial charge in [0.1, 0.15) is 0 Å². The number of halogens is 2. The topological polar surface area (TPSA) is 53.9 Å². The molecule has 1 heterocycles. The summed E-state index contributed by atoms with van der Waals surface area (Å²) in [4.78, 5) is 14.7. The molecule has 7 heteroatoms. The van der Waals surface area contributed by atoms with Crippen molar-refractivity contribution < 1.29 is 0 Å². The van der Waals surface area contributed by atoms with Crippen LogP contribution in [0.4, 0.5) is 11.9 Å². The van der Waals surface area contributed by atoms with Crippen molar-refractivity contribution >= 4 is 39.4 Å². The molecule has 1 aromatic heterocycles. The van der Waals surface area contributed by atoms with Crippen LogP contribution in [-0.2, 0) is 6.54 Å². The predicted octanol–water partition coefficient (Wildman–Crippen LogP) is 3.75. The normalized spacial score (nSPS) is 10.5. The molecule has 0 amide bonds. The Labute approximate surface area is 137 Å². The molecule has 0 bridgehead atoms. The van der Waals surface area contributed by atoms with Crippen molar-refractivity contribution in [1.29, 1.82) is 0 Å². The summed E-state index contributed by atoms with van der Waals surface area (Å²) in [5, 5.41) is 3.38. The van der Waals surface area contributed by atoms with Crippen LogP contribution in [0, 0.1) is 0 Å². The fourth-order valence-electron chi connectivity index (χ4n) is 1.85. The third-order valence-electron chi connectivity index (χ3n) is 3.01. The summed E-state index contributed by atoms with van der Waals surface area (Å²) in [7, 11) is 0. The first-order chi connectivity index (χ1) is 10.1. The van der Waals surface area contributed by atoms with Gasteiger partial charge in [0.25, 0.3) is 0 Å². The van der Waals surface area contributed by atoms with Crippen LogP contribution in [0.25, 0.3) is 0 Å². The molecule has 0 unspecified atom stereocenters. The van der Waals surface area contributed by atoms with Gasteiger partial charge in [-0.2, -0.15) is 15.0 Å². The second kappa shape index (κ2) is 7.56. The highest BCUT2D eigenvalue weighted by atomic mass is 79.9. The number of anilines is 2. The Balaban J connectivity index is 2.10. The molecule has 0 fully saturated rings. The van der Waals surface area contributed by atoms with Crippen LogP contribution < -0.4 is 10.2 Å². The van der Waals surface area contributed by atoms with Gasteiger partial charge in [-0.25, -0.2) is 0 Å². The number of hydrogen-bond acceptors (Lipinski definition) is 5. The van der Waals surface area contributed by atoms with E-state index in [0.29, 0.717) is 18.4 Å². The molecule has 112 valence electrons. The highest BCUT2D eigenvalue weighted by Crippen LogP contribution is 2.15. The standard InChI is InChI=1S/C14H17BrClN5/c1-3-21(4-2)14-19-12(16)18-13(20-14)17-9-10-5-7-11(15)8-6-10/h5-8H,3-4,9H2,1-2H3,(H,17,18,19,20). The lowest BCUT2D eigenvalue weighted by atomic mass is 10.2. The molecule has 0 aliphatic carbocycles. The highest BCUT2D eigenvalue weighted by molar-refractivity contribution is 9.10. The van der Waals surface area contributed by atoms with Crippen molar-refractivity contribution in [2.24, 2.45) is 0 Å². The van der Waals surface area contributed by atoms with Gasteiger partial charge in [-0.05, 0) is 43.1 Å². The zero-order valence-corrected chi connectivity index (χ0v) is 14.3. The lowest BCUT2D eigenvalue weighted by Crippen LogP contribution is -2.25. The summed E-state index contributed by atoms with van der Waals surface area (Å²) in [6, 6.07) is 8.06. The average Bonchev–Trinajstić information content (AvgIpc) is 2.47. The molecule has 0 aliphatic heterocycles. The van der Waals surface area contributed by atoms with Crippen LogP contribution in [0.15, 0.2) is 28.7 Å². The minimum Gasteiger partial charge on any atom is -0.350 e. The van der Waals surface area contributed by atoms with E-state index < -0.39 is 0 Å². The third-order valence-corrected chi connectivity index (χ3v) is 3.70. The largest absolute Gasteiger partial charge is 0.350 e. The van der Waals surface area contributed by atoms with Crippen molar-refractivity contribution in [2.75, 3.05) is 23.3 Å². The van der Waals surface area contributed by atoms with Crippen LogP contribution in [0.5, 0.6) is 0 Å². The van der Waals surface area contributed by atoms with E-state index in [0.717, 1.165) is 23.1 Å². The van der Waals surface area contributed by atoms with Crippen molar-refractivity contribution in [3.05, 3.63) is 39.6 Å². The molecule has 0 spiro atoms. The van der Waals surface area contributed by atoms with Crippen LogP contribution in [0.3, 0.4) is 0 Å². The van der Waals surface area contributed by atoms with Crippen LogP contribution >= 0.6 is 27.5 Å². The van der Waals surface area contributed by atoms with Gasteiger partial charge in [-0.15, -0.1) is 0 Å². The molecule has 0 saturated carbocycles. The molecule has 0 radical (unpaired) electrons. The van der Waals surface area contributed by atoms with Gasteiger partial charge in [0.2, 0.25) is 17.2 Å². The van der Waals surface area contributed by atoms with Crippen molar-refractivity contribution in [3.8, 4) is 0 Å². The van der Waals surface area contributed by atoms with Gasteiger partial charge in [0, 0.05) is 24.1 Å². The number of nitrogens with zero attached hydrogens (tertiary/aromatic N) is 4. The third kappa shape index (κ3) is 4.54. The Hall–Kier alpha value is -1.40. The smallest absolute Gasteiger partial charge is 0.231 e. The summed E-state index contributed by atoms with van der Waals surface area (Å²) < 4.78 is 1.05. The van der Waals surface area contributed by atoms with Gasteiger partial charge in [-0.1, -0.05) is 28.1 Å². The SMILES string of the molecule is CCN(CC)c1nc(Cl)nc(NCc2ccc(Br)cc2)n1. The fraction of sp³-hybridized carbons (Fsp3) is 0.357.